The van der Waals surface area contributed by atoms with Gasteiger partial charge in [-0.2, -0.15) is 0 Å². The predicted molar refractivity (Wildman–Crippen MR) is 101 cm³/mol. The lowest BCUT2D eigenvalue weighted by Gasteiger charge is -2.48. The monoisotopic (exact) mass is 364 g/mol. The molecule has 1 aromatic carbocycles. The molecule has 5 nitrogen and oxygen atoms in total. The minimum atomic E-state index is -0.345. The van der Waals surface area contributed by atoms with Crippen LogP contribution in [0.3, 0.4) is 0 Å². The Morgan fingerprint density at radius 2 is 2.04 bits per heavy atom. The summed E-state index contributed by atoms with van der Waals surface area (Å²) >= 11 is 6.43. The fourth-order valence-electron chi connectivity index (χ4n) is 4.03. The second-order valence-electron chi connectivity index (χ2n) is 7.26. The fraction of sp³-hybridized carbons (Fsp3) is 0.500. The number of aryl methyl sites for hydroxylation is 1. The zero-order valence-electron chi connectivity index (χ0n) is 14.9. The van der Waals surface area contributed by atoms with Crippen LogP contribution >= 0.6 is 11.6 Å². The molecule has 2 aliphatic heterocycles. The Labute approximate surface area is 151 Å². The number of nitrogens with zero attached hydrogens (tertiary/aromatic N) is 3. The average Bonchev–Trinajstić information content (AvgIpc) is 2.57. The molecule has 1 aromatic heterocycles. The number of halogens is 2. The Kier molecular flexibility index (Phi) is 3.74. The third kappa shape index (κ3) is 2.27. The van der Waals surface area contributed by atoms with Crippen LogP contribution in [0.2, 0.25) is 5.02 Å². The standard InChI is InChI=1S/C18H22ClFN4O/c1-9-7-24-11(8-22(9)3)6-21-15-17(24)12-5-13(20)10(2)14(19)16(12)23(4)18(15)25/h5,9,11,21H,6-8H2,1-4H3. The molecule has 1 fully saturated rings. The second-order valence-corrected chi connectivity index (χ2v) is 7.63. The smallest absolute Gasteiger partial charge is 0.276 e. The molecule has 0 amide bonds. The van der Waals surface area contributed by atoms with Crippen LogP contribution in [-0.4, -0.2) is 48.2 Å². The first-order valence-electron chi connectivity index (χ1n) is 8.53. The SMILES string of the molecule is Cc1c(F)cc2c3c(c(=O)n(C)c2c1Cl)NCC1CN(C)C(C)CN31. The van der Waals surface area contributed by atoms with Gasteiger partial charge in [0.1, 0.15) is 11.5 Å². The molecule has 2 atom stereocenters. The number of likely N-dealkylation sites (N-methyl/N-ethyl adjacent to an activating group) is 1. The van der Waals surface area contributed by atoms with Crippen molar-refractivity contribution < 1.29 is 4.39 Å². The molecule has 2 unspecified atom stereocenters. The summed E-state index contributed by atoms with van der Waals surface area (Å²) in [6.45, 7) is 6.20. The Hall–Kier alpha value is -1.79. The van der Waals surface area contributed by atoms with Crippen LogP contribution in [0.4, 0.5) is 15.8 Å². The van der Waals surface area contributed by atoms with Crippen molar-refractivity contribution in [2.75, 3.05) is 36.9 Å². The lowest BCUT2D eigenvalue weighted by atomic mass is 9.99. The van der Waals surface area contributed by atoms with Gasteiger partial charge in [0.2, 0.25) is 0 Å². The lowest BCUT2D eigenvalue weighted by molar-refractivity contribution is 0.202. The van der Waals surface area contributed by atoms with E-state index in [0.717, 1.165) is 18.8 Å². The molecule has 2 aromatic rings. The van der Waals surface area contributed by atoms with Gasteiger partial charge >= 0.3 is 0 Å². The molecular weight excluding hydrogens is 343 g/mol. The number of piperazine rings is 1. The van der Waals surface area contributed by atoms with Crippen LogP contribution in [0.1, 0.15) is 12.5 Å². The number of aromatic nitrogens is 1. The van der Waals surface area contributed by atoms with Gasteiger partial charge in [0, 0.05) is 43.7 Å². The summed E-state index contributed by atoms with van der Waals surface area (Å²) in [4.78, 5) is 17.5. The third-order valence-electron chi connectivity index (χ3n) is 5.72. The number of hydrogen-bond acceptors (Lipinski definition) is 4. The largest absolute Gasteiger partial charge is 0.377 e. The molecule has 1 saturated heterocycles. The van der Waals surface area contributed by atoms with Crippen molar-refractivity contribution in [1.29, 1.82) is 0 Å². The first-order chi connectivity index (χ1) is 11.8. The van der Waals surface area contributed by atoms with E-state index < -0.39 is 0 Å². The van der Waals surface area contributed by atoms with E-state index in [1.54, 1.807) is 14.0 Å². The predicted octanol–water partition coefficient (Wildman–Crippen LogP) is 2.57. The Morgan fingerprint density at radius 3 is 2.76 bits per heavy atom. The van der Waals surface area contributed by atoms with Gasteiger partial charge in [0.25, 0.3) is 5.56 Å². The summed E-state index contributed by atoms with van der Waals surface area (Å²) in [5, 5.41) is 4.29. The highest BCUT2D eigenvalue weighted by Gasteiger charge is 2.36. The van der Waals surface area contributed by atoms with Gasteiger partial charge in [0.15, 0.2) is 0 Å². The van der Waals surface area contributed by atoms with Crippen molar-refractivity contribution in [3.8, 4) is 0 Å². The van der Waals surface area contributed by atoms with Gasteiger partial charge < -0.3 is 14.8 Å². The molecule has 25 heavy (non-hydrogen) atoms. The van der Waals surface area contributed by atoms with E-state index in [2.05, 4.69) is 29.1 Å². The number of nitrogens with one attached hydrogen (secondary N) is 1. The van der Waals surface area contributed by atoms with E-state index in [1.165, 1.54) is 10.6 Å². The zero-order valence-corrected chi connectivity index (χ0v) is 15.6. The minimum Gasteiger partial charge on any atom is -0.377 e. The fourth-order valence-corrected chi connectivity index (χ4v) is 4.35. The van der Waals surface area contributed by atoms with Gasteiger partial charge in [-0.3, -0.25) is 9.69 Å². The highest BCUT2D eigenvalue weighted by atomic mass is 35.5. The first-order valence-corrected chi connectivity index (χ1v) is 8.91. The van der Waals surface area contributed by atoms with Gasteiger partial charge in [0.05, 0.1) is 22.3 Å². The van der Waals surface area contributed by atoms with Crippen LogP contribution in [0, 0.1) is 12.7 Å². The lowest BCUT2D eigenvalue weighted by Crippen LogP contribution is -2.60. The normalized spacial score (nSPS) is 23.4. The summed E-state index contributed by atoms with van der Waals surface area (Å²) in [6, 6.07) is 2.11. The van der Waals surface area contributed by atoms with Crippen LogP contribution in [-0.2, 0) is 7.05 Å². The van der Waals surface area contributed by atoms with E-state index in [4.69, 9.17) is 11.6 Å². The van der Waals surface area contributed by atoms with Crippen molar-refractivity contribution in [2.24, 2.45) is 7.05 Å². The molecule has 7 heteroatoms. The maximum Gasteiger partial charge on any atom is 0.276 e. The quantitative estimate of drug-likeness (QED) is 0.780. The average molecular weight is 365 g/mol. The number of pyridine rings is 1. The zero-order chi connectivity index (χ0) is 18.0. The van der Waals surface area contributed by atoms with Gasteiger partial charge in [-0.25, -0.2) is 4.39 Å². The number of benzene rings is 1. The Bertz CT molecular complexity index is 941. The summed E-state index contributed by atoms with van der Waals surface area (Å²) in [5.74, 6) is -0.345. The van der Waals surface area contributed by atoms with Gasteiger partial charge in [-0.1, -0.05) is 11.6 Å². The second kappa shape index (κ2) is 5.61. The molecule has 4 rings (SSSR count). The van der Waals surface area contributed by atoms with E-state index >= 15 is 0 Å². The molecule has 134 valence electrons. The summed E-state index contributed by atoms with van der Waals surface area (Å²) in [6.07, 6.45) is 0. The molecule has 0 bridgehead atoms. The third-order valence-corrected chi connectivity index (χ3v) is 6.18. The molecule has 3 heterocycles. The van der Waals surface area contributed by atoms with Crippen molar-refractivity contribution in [2.45, 2.75) is 25.9 Å². The topological polar surface area (TPSA) is 40.5 Å². The molecule has 1 N–H and O–H groups in total. The van der Waals surface area contributed by atoms with E-state index in [-0.39, 0.29) is 17.4 Å². The molecule has 0 aliphatic carbocycles. The summed E-state index contributed by atoms with van der Waals surface area (Å²) in [5.41, 5.74) is 2.17. The van der Waals surface area contributed by atoms with Crippen molar-refractivity contribution in [3.63, 3.8) is 0 Å². The molecule has 0 saturated carbocycles. The van der Waals surface area contributed by atoms with Crippen molar-refractivity contribution >= 4 is 33.9 Å². The Morgan fingerprint density at radius 1 is 1.32 bits per heavy atom. The van der Waals surface area contributed by atoms with Crippen LogP contribution < -0.4 is 15.8 Å². The van der Waals surface area contributed by atoms with Crippen LogP contribution in [0.25, 0.3) is 10.9 Å². The van der Waals surface area contributed by atoms with E-state index in [0.29, 0.717) is 39.8 Å². The maximum absolute atomic E-state index is 14.5. The molecule has 0 radical (unpaired) electrons. The number of hydrogen-bond donors (Lipinski definition) is 1. The van der Waals surface area contributed by atoms with Crippen LogP contribution in [0.15, 0.2) is 10.9 Å². The van der Waals surface area contributed by atoms with E-state index in [1.807, 2.05) is 0 Å². The number of anilines is 2. The maximum atomic E-state index is 14.5. The van der Waals surface area contributed by atoms with E-state index in [9.17, 15) is 9.18 Å². The number of rotatable bonds is 0. The van der Waals surface area contributed by atoms with Gasteiger partial charge in [-0.15, -0.1) is 0 Å². The number of fused-ring (bicyclic) bond motifs is 5. The van der Waals surface area contributed by atoms with Crippen molar-refractivity contribution in [3.05, 3.63) is 32.8 Å². The highest BCUT2D eigenvalue weighted by Crippen LogP contribution is 2.41. The first kappa shape index (κ1) is 16.7. The summed E-state index contributed by atoms with van der Waals surface area (Å²) < 4.78 is 16.0. The van der Waals surface area contributed by atoms with Crippen LogP contribution in [0.5, 0.6) is 0 Å². The van der Waals surface area contributed by atoms with Gasteiger partial charge in [-0.05, 0) is 27.0 Å². The summed E-state index contributed by atoms with van der Waals surface area (Å²) in [7, 11) is 3.80. The minimum absolute atomic E-state index is 0.125. The Balaban J connectivity index is 2.06. The highest BCUT2D eigenvalue weighted by molar-refractivity contribution is 6.36. The molecule has 2 aliphatic rings. The molecular formula is C18H22ClFN4O. The molecule has 0 spiro atoms. The van der Waals surface area contributed by atoms with Crippen molar-refractivity contribution in [1.82, 2.24) is 9.47 Å².